The van der Waals surface area contributed by atoms with Crippen LogP contribution in [0.15, 0.2) is 0 Å². The molecule has 0 heterocycles. The van der Waals surface area contributed by atoms with Crippen LogP contribution in [0.1, 0.15) is 52.4 Å². The van der Waals surface area contributed by atoms with Gasteiger partial charge in [-0.3, -0.25) is 0 Å². The van der Waals surface area contributed by atoms with Crippen LogP contribution in [0.5, 0.6) is 0 Å². The van der Waals surface area contributed by atoms with Gasteiger partial charge in [-0.05, 0) is 73.0 Å². The fourth-order valence-electron chi connectivity index (χ4n) is 6.44. The zero-order valence-corrected chi connectivity index (χ0v) is 10.2. The minimum Gasteiger partial charge on any atom is -0.0649 e. The van der Waals surface area contributed by atoms with Crippen molar-refractivity contribution in [3.8, 4) is 0 Å². The minimum absolute atomic E-state index is 0.746. The van der Waals surface area contributed by atoms with Crippen LogP contribution in [0.25, 0.3) is 0 Å². The number of fused-ring (bicyclic) bond motifs is 9. The highest BCUT2D eigenvalue weighted by molar-refractivity contribution is 5.13. The van der Waals surface area contributed by atoms with Crippen molar-refractivity contribution >= 4 is 0 Å². The smallest absolute Gasteiger partial charge is 0.0294 e. The summed E-state index contributed by atoms with van der Waals surface area (Å²) in [7, 11) is 0. The van der Waals surface area contributed by atoms with E-state index in [1.807, 2.05) is 0 Å². The van der Waals surface area contributed by atoms with E-state index in [1.54, 1.807) is 32.1 Å². The van der Waals surface area contributed by atoms with E-state index in [2.05, 4.69) is 13.8 Å². The van der Waals surface area contributed by atoms with Crippen LogP contribution in [-0.2, 0) is 0 Å². The van der Waals surface area contributed by atoms with Gasteiger partial charge in [0.25, 0.3) is 0 Å². The minimum atomic E-state index is 0.746. The van der Waals surface area contributed by atoms with Gasteiger partial charge < -0.3 is 0 Å². The Bertz CT molecular complexity index is 294. The first kappa shape index (κ1) is 9.07. The molecule has 4 rings (SSSR count). The molecule has 0 nitrogen and oxygen atoms in total. The fourth-order valence-corrected chi connectivity index (χ4v) is 6.44. The highest BCUT2D eigenvalue weighted by Gasteiger charge is 2.64. The largest absolute Gasteiger partial charge is 0.0649 e. The molecule has 0 aromatic carbocycles. The van der Waals surface area contributed by atoms with Crippen molar-refractivity contribution in [2.45, 2.75) is 52.4 Å². The third-order valence-corrected chi connectivity index (χ3v) is 7.04. The molecular weight excluding hydrogens is 180 g/mol. The Hall–Kier alpha value is 0. The molecule has 4 fully saturated rings. The van der Waals surface area contributed by atoms with Crippen LogP contribution in [0, 0.1) is 40.9 Å². The van der Waals surface area contributed by atoms with E-state index in [4.69, 9.17) is 0 Å². The lowest BCUT2D eigenvalue weighted by atomic mass is 9.61. The van der Waals surface area contributed by atoms with Gasteiger partial charge >= 0.3 is 0 Å². The second-order valence-corrected chi connectivity index (χ2v) is 7.30. The van der Waals surface area contributed by atoms with E-state index in [-0.39, 0.29) is 0 Å². The van der Waals surface area contributed by atoms with Crippen LogP contribution in [0.2, 0.25) is 0 Å². The molecule has 0 spiro atoms. The second-order valence-electron chi connectivity index (χ2n) is 7.30. The molecule has 0 aliphatic heterocycles. The molecular formula is C15H24. The van der Waals surface area contributed by atoms with Crippen LogP contribution in [-0.4, -0.2) is 0 Å². The van der Waals surface area contributed by atoms with Crippen molar-refractivity contribution < 1.29 is 0 Å². The molecule has 4 aliphatic rings. The highest BCUT2D eigenvalue weighted by Crippen LogP contribution is 2.72. The van der Waals surface area contributed by atoms with Gasteiger partial charge in [-0.1, -0.05) is 20.3 Å². The Kier molecular flexibility index (Phi) is 1.59. The summed E-state index contributed by atoms with van der Waals surface area (Å²) in [6, 6.07) is 0. The van der Waals surface area contributed by atoms with Crippen molar-refractivity contribution in [3.05, 3.63) is 0 Å². The molecule has 6 unspecified atom stereocenters. The van der Waals surface area contributed by atoms with Crippen molar-refractivity contribution in [2.75, 3.05) is 0 Å². The molecule has 0 heteroatoms. The van der Waals surface area contributed by atoms with Gasteiger partial charge in [0.1, 0.15) is 0 Å². The summed E-state index contributed by atoms with van der Waals surface area (Å²) in [5.41, 5.74) is 0.746. The lowest BCUT2D eigenvalue weighted by Gasteiger charge is -2.44. The predicted molar refractivity (Wildman–Crippen MR) is 62.4 cm³/mol. The molecule has 7 atom stereocenters. The summed E-state index contributed by atoms with van der Waals surface area (Å²) in [4.78, 5) is 0. The Labute approximate surface area is 93.8 Å². The third kappa shape index (κ3) is 0.913. The van der Waals surface area contributed by atoms with E-state index in [0.29, 0.717) is 0 Å². The van der Waals surface area contributed by atoms with Crippen molar-refractivity contribution in [1.82, 2.24) is 0 Å². The SMILES string of the molecule is CC[C@@]1(C)CC2CC1C1C3CCC(C3)C21. The van der Waals surface area contributed by atoms with Crippen molar-refractivity contribution in [3.63, 3.8) is 0 Å². The standard InChI is InChI=1S/C15H24/c1-3-15(2)8-11-7-12(15)14-10-5-4-9(6-10)13(11)14/h9-14H,3-8H2,1-2H3/t9?,10?,11?,12?,13?,14?,15-/m0/s1. The average Bonchev–Trinajstić information content (AvgIpc) is 2.93. The maximum Gasteiger partial charge on any atom is -0.0294 e. The molecule has 0 aromatic heterocycles. The molecule has 84 valence electrons. The van der Waals surface area contributed by atoms with Gasteiger partial charge in [0, 0.05) is 0 Å². The molecule has 4 aliphatic carbocycles. The Morgan fingerprint density at radius 2 is 1.73 bits per heavy atom. The van der Waals surface area contributed by atoms with E-state index >= 15 is 0 Å². The number of hydrogen-bond acceptors (Lipinski definition) is 0. The van der Waals surface area contributed by atoms with Crippen LogP contribution >= 0.6 is 0 Å². The zero-order chi connectivity index (χ0) is 10.2. The van der Waals surface area contributed by atoms with E-state index in [9.17, 15) is 0 Å². The lowest BCUT2D eigenvalue weighted by molar-refractivity contribution is 0.0436. The van der Waals surface area contributed by atoms with Crippen LogP contribution in [0.4, 0.5) is 0 Å². The van der Waals surface area contributed by atoms with Crippen molar-refractivity contribution in [2.24, 2.45) is 40.9 Å². The predicted octanol–water partition coefficient (Wildman–Crippen LogP) is 4.10. The van der Waals surface area contributed by atoms with Gasteiger partial charge in [-0.15, -0.1) is 0 Å². The van der Waals surface area contributed by atoms with Gasteiger partial charge in [0.2, 0.25) is 0 Å². The summed E-state index contributed by atoms with van der Waals surface area (Å²) in [6.07, 6.45) is 9.45. The molecule has 4 saturated carbocycles. The summed E-state index contributed by atoms with van der Waals surface area (Å²) in [6.45, 7) is 5.03. The van der Waals surface area contributed by atoms with Crippen LogP contribution < -0.4 is 0 Å². The van der Waals surface area contributed by atoms with E-state index < -0.39 is 0 Å². The van der Waals surface area contributed by atoms with Gasteiger partial charge in [0.15, 0.2) is 0 Å². The molecule has 0 aromatic rings. The maximum atomic E-state index is 2.60. The van der Waals surface area contributed by atoms with Gasteiger partial charge in [-0.2, -0.15) is 0 Å². The van der Waals surface area contributed by atoms with Gasteiger partial charge in [0.05, 0.1) is 0 Å². The summed E-state index contributed by atoms with van der Waals surface area (Å²) in [5.74, 6) is 7.02. The third-order valence-electron chi connectivity index (χ3n) is 7.04. The Balaban J connectivity index is 1.71. The molecule has 4 bridgehead atoms. The Morgan fingerprint density at radius 1 is 1.00 bits per heavy atom. The first-order chi connectivity index (χ1) is 7.23. The summed E-state index contributed by atoms with van der Waals surface area (Å²) in [5, 5.41) is 0. The monoisotopic (exact) mass is 204 g/mol. The quantitative estimate of drug-likeness (QED) is 0.564. The molecule has 0 amide bonds. The second kappa shape index (κ2) is 2.63. The van der Waals surface area contributed by atoms with Gasteiger partial charge in [-0.25, -0.2) is 0 Å². The van der Waals surface area contributed by atoms with E-state index in [1.165, 1.54) is 30.1 Å². The lowest BCUT2D eigenvalue weighted by Crippen LogP contribution is -2.37. The first-order valence-electron chi connectivity index (χ1n) is 7.23. The molecule has 0 radical (unpaired) electrons. The Morgan fingerprint density at radius 3 is 2.47 bits per heavy atom. The zero-order valence-electron chi connectivity index (χ0n) is 10.2. The molecule has 15 heavy (non-hydrogen) atoms. The fraction of sp³-hybridized carbons (Fsp3) is 1.00. The normalized spacial score (nSPS) is 65.2. The molecule has 0 N–H and O–H groups in total. The summed E-state index contributed by atoms with van der Waals surface area (Å²) < 4.78 is 0. The highest BCUT2D eigenvalue weighted by atomic mass is 14.7. The summed E-state index contributed by atoms with van der Waals surface area (Å²) >= 11 is 0. The van der Waals surface area contributed by atoms with Crippen LogP contribution in [0.3, 0.4) is 0 Å². The molecule has 0 saturated heterocycles. The maximum absolute atomic E-state index is 2.60. The first-order valence-corrected chi connectivity index (χ1v) is 7.23. The van der Waals surface area contributed by atoms with Crippen molar-refractivity contribution in [1.29, 1.82) is 0 Å². The number of rotatable bonds is 1. The van der Waals surface area contributed by atoms with E-state index in [0.717, 1.165) is 17.3 Å². The number of hydrogen-bond donors (Lipinski definition) is 0. The topological polar surface area (TPSA) is 0 Å². The average molecular weight is 204 g/mol.